The number of aromatic nitrogens is 3. The van der Waals surface area contributed by atoms with Gasteiger partial charge in [-0.2, -0.15) is 0 Å². The van der Waals surface area contributed by atoms with Crippen LogP contribution in [0.2, 0.25) is 0 Å². The highest BCUT2D eigenvalue weighted by molar-refractivity contribution is 9.10. The van der Waals surface area contributed by atoms with E-state index in [2.05, 4.69) is 26.1 Å². The van der Waals surface area contributed by atoms with Crippen molar-refractivity contribution in [3.05, 3.63) is 64.1 Å². The van der Waals surface area contributed by atoms with Gasteiger partial charge in [-0.3, -0.25) is 4.57 Å². The van der Waals surface area contributed by atoms with Gasteiger partial charge in [0.2, 0.25) is 4.73 Å². The van der Waals surface area contributed by atoms with Crippen LogP contribution in [0.4, 0.5) is 4.39 Å². The fraction of sp³-hybridized carbons (Fsp3) is 0.125. The van der Waals surface area contributed by atoms with Crippen LogP contribution in [0.1, 0.15) is 11.1 Å². The summed E-state index contributed by atoms with van der Waals surface area (Å²) in [6.07, 6.45) is 0. The van der Waals surface area contributed by atoms with E-state index in [1.54, 1.807) is 18.2 Å². The Hall–Kier alpha value is -2.01. The standard InChI is InChI=1S/C16H13BrFN3/c1-10-6-5-7-11(2)14(10)21-15(19-20-16(21)17)12-8-3-4-9-13(12)18/h3-9H,1-2H3. The first-order valence-electron chi connectivity index (χ1n) is 6.52. The number of para-hydroxylation sites is 1. The number of benzene rings is 2. The molecule has 0 aliphatic rings. The number of halogens is 2. The van der Waals surface area contributed by atoms with E-state index in [4.69, 9.17) is 0 Å². The minimum Gasteiger partial charge on any atom is -0.269 e. The van der Waals surface area contributed by atoms with Gasteiger partial charge in [0.15, 0.2) is 5.82 Å². The Balaban J connectivity index is 2.31. The van der Waals surface area contributed by atoms with Gasteiger partial charge in [0, 0.05) is 0 Å². The molecule has 3 rings (SSSR count). The molecule has 0 radical (unpaired) electrons. The number of hydrogen-bond acceptors (Lipinski definition) is 2. The van der Waals surface area contributed by atoms with E-state index >= 15 is 0 Å². The lowest BCUT2D eigenvalue weighted by atomic mass is 10.1. The zero-order valence-electron chi connectivity index (χ0n) is 11.6. The maximum Gasteiger partial charge on any atom is 0.205 e. The predicted molar refractivity (Wildman–Crippen MR) is 83.9 cm³/mol. The molecule has 0 fully saturated rings. The molecular formula is C16H13BrFN3. The van der Waals surface area contributed by atoms with E-state index in [9.17, 15) is 4.39 Å². The van der Waals surface area contributed by atoms with Crippen LogP contribution in [0.25, 0.3) is 17.1 Å². The van der Waals surface area contributed by atoms with Gasteiger partial charge in [0.25, 0.3) is 0 Å². The topological polar surface area (TPSA) is 30.7 Å². The Morgan fingerprint density at radius 1 is 0.952 bits per heavy atom. The zero-order chi connectivity index (χ0) is 15.0. The third kappa shape index (κ3) is 2.38. The highest BCUT2D eigenvalue weighted by atomic mass is 79.9. The normalized spacial score (nSPS) is 10.9. The smallest absolute Gasteiger partial charge is 0.205 e. The Morgan fingerprint density at radius 3 is 2.29 bits per heavy atom. The van der Waals surface area contributed by atoms with E-state index in [0.717, 1.165) is 16.8 Å². The van der Waals surface area contributed by atoms with Crippen molar-refractivity contribution in [2.75, 3.05) is 0 Å². The number of aryl methyl sites for hydroxylation is 2. The largest absolute Gasteiger partial charge is 0.269 e. The maximum absolute atomic E-state index is 14.1. The van der Waals surface area contributed by atoms with Gasteiger partial charge in [0.05, 0.1) is 11.3 Å². The second kappa shape index (κ2) is 5.41. The number of nitrogens with zero attached hydrogens (tertiary/aromatic N) is 3. The molecule has 1 heterocycles. The average molecular weight is 346 g/mol. The van der Waals surface area contributed by atoms with Gasteiger partial charge in [-0.1, -0.05) is 30.3 Å². The first-order chi connectivity index (χ1) is 10.1. The minimum absolute atomic E-state index is 0.315. The highest BCUT2D eigenvalue weighted by Gasteiger charge is 2.18. The lowest BCUT2D eigenvalue weighted by molar-refractivity contribution is 0.629. The second-order valence-corrected chi connectivity index (χ2v) is 5.56. The van der Waals surface area contributed by atoms with E-state index in [1.165, 1.54) is 6.07 Å². The van der Waals surface area contributed by atoms with Crippen molar-refractivity contribution in [2.24, 2.45) is 0 Å². The van der Waals surface area contributed by atoms with Crippen LogP contribution in [0.15, 0.2) is 47.2 Å². The van der Waals surface area contributed by atoms with Gasteiger partial charge in [-0.15, -0.1) is 10.2 Å². The summed E-state index contributed by atoms with van der Waals surface area (Å²) >= 11 is 3.41. The number of rotatable bonds is 2. The van der Waals surface area contributed by atoms with Crippen LogP contribution < -0.4 is 0 Å². The molecule has 0 aliphatic carbocycles. The molecule has 3 nitrogen and oxygen atoms in total. The van der Waals surface area contributed by atoms with E-state index in [-0.39, 0.29) is 5.82 Å². The fourth-order valence-corrected chi connectivity index (χ4v) is 2.86. The molecule has 0 N–H and O–H groups in total. The molecule has 3 aromatic rings. The molecule has 106 valence electrons. The molecular weight excluding hydrogens is 333 g/mol. The van der Waals surface area contributed by atoms with Gasteiger partial charge in [0.1, 0.15) is 5.82 Å². The summed E-state index contributed by atoms with van der Waals surface area (Å²) in [6.45, 7) is 4.03. The first-order valence-corrected chi connectivity index (χ1v) is 7.31. The SMILES string of the molecule is Cc1cccc(C)c1-n1c(Br)nnc1-c1ccccc1F. The van der Waals surface area contributed by atoms with Crippen LogP contribution in [0, 0.1) is 19.7 Å². The average Bonchev–Trinajstić information content (AvgIpc) is 2.81. The molecule has 21 heavy (non-hydrogen) atoms. The lowest BCUT2D eigenvalue weighted by Crippen LogP contribution is -2.03. The van der Waals surface area contributed by atoms with Gasteiger partial charge in [-0.05, 0) is 53.0 Å². The molecule has 2 aromatic carbocycles. The van der Waals surface area contributed by atoms with Crippen LogP contribution >= 0.6 is 15.9 Å². The van der Waals surface area contributed by atoms with Gasteiger partial charge >= 0.3 is 0 Å². The van der Waals surface area contributed by atoms with Gasteiger partial charge < -0.3 is 0 Å². The quantitative estimate of drug-likeness (QED) is 0.686. The molecule has 0 saturated carbocycles. The van der Waals surface area contributed by atoms with Crippen molar-refractivity contribution >= 4 is 15.9 Å². The predicted octanol–water partition coefficient (Wildman–Crippen LogP) is 4.45. The van der Waals surface area contributed by atoms with E-state index in [0.29, 0.717) is 16.1 Å². The minimum atomic E-state index is -0.315. The number of hydrogen-bond donors (Lipinski definition) is 0. The summed E-state index contributed by atoms with van der Waals surface area (Å²) in [7, 11) is 0. The Kier molecular flexibility index (Phi) is 3.59. The molecule has 0 aliphatic heterocycles. The summed E-state index contributed by atoms with van der Waals surface area (Å²) in [5.74, 6) is 0.169. The summed E-state index contributed by atoms with van der Waals surface area (Å²) in [5, 5.41) is 8.19. The fourth-order valence-electron chi connectivity index (χ4n) is 2.44. The molecule has 0 unspecified atom stereocenters. The Bertz CT molecular complexity index is 791. The van der Waals surface area contributed by atoms with Crippen LogP contribution in [-0.4, -0.2) is 14.8 Å². The third-order valence-electron chi connectivity index (χ3n) is 3.40. The van der Waals surface area contributed by atoms with E-state index < -0.39 is 0 Å². The summed E-state index contributed by atoms with van der Waals surface area (Å²) in [5.41, 5.74) is 3.55. The summed E-state index contributed by atoms with van der Waals surface area (Å²) in [6, 6.07) is 12.6. The third-order valence-corrected chi connectivity index (χ3v) is 3.91. The molecule has 0 spiro atoms. The van der Waals surface area contributed by atoms with E-state index in [1.807, 2.05) is 36.6 Å². The molecule has 0 atom stereocenters. The van der Waals surface area contributed by atoms with Crippen LogP contribution in [0.5, 0.6) is 0 Å². The molecule has 0 amide bonds. The van der Waals surface area contributed by atoms with Crippen molar-refractivity contribution in [3.63, 3.8) is 0 Å². The van der Waals surface area contributed by atoms with Crippen LogP contribution in [0.3, 0.4) is 0 Å². The second-order valence-electron chi connectivity index (χ2n) is 4.85. The summed E-state index contributed by atoms with van der Waals surface area (Å²) < 4.78 is 16.5. The molecule has 5 heteroatoms. The molecule has 0 bridgehead atoms. The van der Waals surface area contributed by atoms with Crippen molar-refractivity contribution in [1.82, 2.24) is 14.8 Å². The zero-order valence-corrected chi connectivity index (χ0v) is 13.2. The Morgan fingerprint density at radius 2 is 1.62 bits per heavy atom. The maximum atomic E-state index is 14.1. The van der Waals surface area contributed by atoms with Crippen molar-refractivity contribution in [2.45, 2.75) is 13.8 Å². The van der Waals surface area contributed by atoms with Crippen molar-refractivity contribution in [3.8, 4) is 17.1 Å². The monoisotopic (exact) mass is 345 g/mol. The highest BCUT2D eigenvalue weighted by Crippen LogP contribution is 2.30. The lowest BCUT2D eigenvalue weighted by Gasteiger charge is -2.14. The van der Waals surface area contributed by atoms with Crippen LogP contribution in [-0.2, 0) is 0 Å². The molecule has 1 aromatic heterocycles. The van der Waals surface area contributed by atoms with Gasteiger partial charge in [-0.25, -0.2) is 4.39 Å². The Labute approximate surface area is 130 Å². The first kappa shape index (κ1) is 13.9. The molecule has 0 saturated heterocycles. The summed E-state index contributed by atoms with van der Waals surface area (Å²) in [4.78, 5) is 0. The van der Waals surface area contributed by atoms with Crippen molar-refractivity contribution in [1.29, 1.82) is 0 Å². The van der Waals surface area contributed by atoms with Crippen molar-refractivity contribution < 1.29 is 4.39 Å².